The summed E-state index contributed by atoms with van der Waals surface area (Å²) in [4.78, 5) is 11.1. The van der Waals surface area contributed by atoms with Crippen LogP contribution < -0.4 is 0 Å². The second kappa shape index (κ2) is 5.86. The smallest absolute Gasteiger partial charge is 0.335 e. The highest BCUT2D eigenvalue weighted by atomic mass is 32.2. The zero-order valence-electron chi connectivity index (χ0n) is 11.8. The molecule has 6 nitrogen and oxygen atoms in total. The van der Waals surface area contributed by atoms with Crippen LogP contribution in [0.2, 0.25) is 0 Å². The Morgan fingerprint density at radius 3 is 2.33 bits per heavy atom. The zero-order valence-corrected chi connectivity index (χ0v) is 13.5. The number of sulfonamides is 1. The summed E-state index contributed by atoms with van der Waals surface area (Å²) in [5, 5.41) is 9.09. The van der Waals surface area contributed by atoms with Gasteiger partial charge in [0.25, 0.3) is 0 Å². The van der Waals surface area contributed by atoms with Crippen LogP contribution >= 0.6 is 0 Å². The first-order valence-electron chi connectivity index (χ1n) is 6.43. The van der Waals surface area contributed by atoms with E-state index in [4.69, 9.17) is 5.11 Å². The summed E-state index contributed by atoms with van der Waals surface area (Å²) >= 11 is 0. The van der Waals surface area contributed by atoms with Crippen molar-refractivity contribution in [3.05, 3.63) is 28.8 Å². The Labute approximate surface area is 126 Å². The van der Waals surface area contributed by atoms with Crippen LogP contribution in [0.3, 0.4) is 0 Å². The number of hydrogen-bond donors (Lipinski definition) is 1. The number of hydrogen-bond acceptors (Lipinski definition) is 4. The van der Waals surface area contributed by atoms with E-state index in [9.17, 15) is 17.4 Å². The number of benzene rings is 1. The van der Waals surface area contributed by atoms with Gasteiger partial charge in [0.15, 0.2) is 0 Å². The van der Waals surface area contributed by atoms with Gasteiger partial charge in [-0.2, -0.15) is 4.31 Å². The fraction of sp³-hybridized carbons (Fsp3) is 0.462. The third-order valence-corrected chi connectivity index (χ3v) is 6.92. The lowest BCUT2D eigenvalue weighted by molar-refractivity contribution is 0.0696. The van der Waals surface area contributed by atoms with Crippen LogP contribution in [-0.2, 0) is 20.8 Å². The molecular weight excluding hydrogens is 314 g/mol. The molecule has 0 atom stereocenters. The minimum Gasteiger partial charge on any atom is -0.478 e. The SMILES string of the molecule is Cc1cc(C(=O)O)cc(S(=O)(=O)N2CCS(=O)CC2)c1C. The number of rotatable bonds is 3. The first-order valence-corrected chi connectivity index (χ1v) is 9.36. The molecule has 0 bridgehead atoms. The maximum Gasteiger partial charge on any atom is 0.335 e. The Bertz CT molecular complexity index is 702. The highest BCUT2D eigenvalue weighted by Gasteiger charge is 2.30. The number of carboxylic acid groups (broad SMARTS) is 1. The van der Waals surface area contributed by atoms with E-state index in [1.54, 1.807) is 13.8 Å². The van der Waals surface area contributed by atoms with Gasteiger partial charge >= 0.3 is 5.97 Å². The maximum atomic E-state index is 12.7. The lowest BCUT2D eigenvalue weighted by Gasteiger charge is -2.26. The van der Waals surface area contributed by atoms with Gasteiger partial charge in [0.1, 0.15) is 0 Å². The topological polar surface area (TPSA) is 91.8 Å². The molecule has 1 saturated heterocycles. The van der Waals surface area contributed by atoms with Crippen molar-refractivity contribution in [2.45, 2.75) is 18.7 Å². The number of nitrogens with zero attached hydrogens (tertiary/aromatic N) is 1. The molecule has 0 saturated carbocycles. The molecule has 0 aliphatic carbocycles. The summed E-state index contributed by atoms with van der Waals surface area (Å²) < 4.78 is 38.0. The molecule has 21 heavy (non-hydrogen) atoms. The van der Waals surface area contributed by atoms with E-state index in [0.717, 1.165) is 0 Å². The minimum atomic E-state index is -3.76. The third kappa shape index (κ3) is 3.17. The van der Waals surface area contributed by atoms with Crippen LogP contribution in [0.4, 0.5) is 0 Å². The fourth-order valence-electron chi connectivity index (χ4n) is 2.22. The number of carbonyl (C=O) groups is 1. The molecule has 0 amide bonds. The van der Waals surface area contributed by atoms with E-state index in [1.165, 1.54) is 16.4 Å². The molecule has 0 spiro atoms. The van der Waals surface area contributed by atoms with Gasteiger partial charge in [0, 0.05) is 35.4 Å². The molecular formula is C13H17NO5S2. The van der Waals surface area contributed by atoms with Crippen molar-refractivity contribution in [3.8, 4) is 0 Å². The van der Waals surface area contributed by atoms with Gasteiger partial charge in [-0.1, -0.05) is 0 Å². The highest BCUT2D eigenvalue weighted by Crippen LogP contribution is 2.25. The average molecular weight is 331 g/mol. The monoisotopic (exact) mass is 331 g/mol. The van der Waals surface area contributed by atoms with E-state index < -0.39 is 26.8 Å². The normalized spacial score (nSPS) is 17.8. The van der Waals surface area contributed by atoms with Crippen LogP contribution in [0, 0.1) is 13.8 Å². The molecule has 8 heteroatoms. The molecule has 1 N–H and O–H groups in total. The Hall–Kier alpha value is -1.25. The molecule has 1 fully saturated rings. The van der Waals surface area contributed by atoms with Crippen LogP contribution in [0.25, 0.3) is 0 Å². The van der Waals surface area contributed by atoms with Gasteiger partial charge in [-0.05, 0) is 37.1 Å². The standard InChI is InChI=1S/C13H17NO5S2/c1-9-7-11(13(15)16)8-12(10(9)2)21(18,19)14-3-5-20(17)6-4-14/h7-8H,3-6H2,1-2H3,(H,15,16). The van der Waals surface area contributed by atoms with Crippen molar-refractivity contribution >= 4 is 26.8 Å². The summed E-state index contributed by atoms with van der Waals surface area (Å²) in [6.07, 6.45) is 0. The van der Waals surface area contributed by atoms with Crippen LogP contribution in [0.15, 0.2) is 17.0 Å². The van der Waals surface area contributed by atoms with Gasteiger partial charge in [0.05, 0.1) is 10.5 Å². The van der Waals surface area contributed by atoms with Gasteiger partial charge in [-0.15, -0.1) is 0 Å². The van der Waals surface area contributed by atoms with E-state index in [1.807, 2.05) is 0 Å². The van der Waals surface area contributed by atoms with Crippen LogP contribution in [0.5, 0.6) is 0 Å². The largest absolute Gasteiger partial charge is 0.478 e. The zero-order chi connectivity index (χ0) is 15.8. The summed E-state index contributed by atoms with van der Waals surface area (Å²) in [6, 6.07) is 2.66. The first-order chi connectivity index (χ1) is 9.73. The molecule has 0 aromatic heterocycles. The van der Waals surface area contributed by atoms with E-state index in [0.29, 0.717) is 22.6 Å². The van der Waals surface area contributed by atoms with E-state index >= 15 is 0 Å². The van der Waals surface area contributed by atoms with Gasteiger partial charge in [-0.3, -0.25) is 4.21 Å². The molecule has 1 aliphatic heterocycles. The lowest BCUT2D eigenvalue weighted by Crippen LogP contribution is -2.42. The predicted octanol–water partition coefficient (Wildman–Crippen LogP) is 0.755. The van der Waals surface area contributed by atoms with Gasteiger partial charge in [0.2, 0.25) is 10.0 Å². The Balaban J connectivity index is 2.49. The van der Waals surface area contributed by atoms with Crippen molar-refractivity contribution in [2.24, 2.45) is 0 Å². The minimum absolute atomic E-state index is 0.0209. The highest BCUT2D eigenvalue weighted by molar-refractivity contribution is 7.89. The molecule has 0 radical (unpaired) electrons. The van der Waals surface area contributed by atoms with Crippen molar-refractivity contribution in [2.75, 3.05) is 24.6 Å². The first kappa shape index (κ1) is 16.1. The Morgan fingerprint density at radius 1 is 1.24 bits per heavy atom. The molecule has 2 rings (SSSR count). The number of carboxylic acids is 1. The van der Waals surface area contributed by atoms with E-state index in [2.05, 4.69) is 0 Å². The van der Waals surface area contributed by atoms with Crippen molar-refractivity contribution in [3.63, 3.8) is 0 Å². The van der Waals surface area contributed by atoms with Gasteiger partial charge in [-0.25, -0.2) is 13.2 Å². The summed E-state index contributed by atoms with van der Waals surface area (Å²) in [5.74, 6) is -0.527. The molecule has 116 valence electrons. The van der Waals surface area contributed by atoms with Crippen molar-refractivity contribution < 1.29 is 22.5 Å². The maximum absolute atomic E-state index is 12.7. The molecule has 1 aliphatic rings. The summed E-state index contributed by atoms with van der Waals surface area (Å²) in [7, 11) is -4.73. The Morgan fingerprint density at radius 2 is 1.81 bits per heavy atom. The summed E-state index contributed by atoms with van der Waals surface area (Å²) in [5.41, 5.74) is 1.12. The second-order valence-electron chi connectivity index (χ2n) is 4.97. The predicted molar refractivity (Wildman–Crippen MR) is 79.5 cm³/mol. The average Bonchev–Trinajstić information content (AvgIpc) is 2.41. The number of aromatic carboxylic acids is 1. The van der Waals surface area contributed by atoms with Crippen LogP contribution in [0.1, 0.15) is 21.5 Å². The third-order valence-electron chi connectivity index (χ3n) is 3.62. The fourth-order valence-corrected chi connectivity index (χ4v) is 5.27. The second-order valence-corrected chi connectivity index (χ2v) is 8.58. The summed E-state index contributed by atoms with van der Waals surface area (Å²) in [6.45, 7) is 3.75. The van der Waals surface area contributed by atoms with E-state index in [-0.39, 0.29) is 23.5 Å². The van der Waals surface area contributed by atoms with Crippen molar-refractivity contribution in [1.29, 1.82) is 0 Å². The lowest BCUT2D eigenvalue weighted by atomic mass is 10.1. The van der Waals surface area contributed by atoms with Crippen molar-refractivity contribution in [1.82, 2.24) is 4.31 Å². The molecule has 0 unspecified atom stereocenters. The quantitative estimate of drug-likeness (QED) is 0.882. The molecule has 1 aromatic carbocycles. The number of aryl methyl sites for hydroxylation is 1. The molecule has 1 aromatic rings. The molecule has 1 heterocycles. The van der Waals surface area contributed by atoms with Gasteiger partial charge < -0.3 is 5.11 Å². The Kier molecular flexibility index (Phi) is 4.50. The van der Waals surface area contributed by atoms with Crippen LogP contribution in [-0.4, -0.2) is 52.6 Å².